The van der Waals surface area contributed by atoms with Crippen LogP contribution in [0.4, 0.5) is 5.95 Å². The van der Waals surface area contributed by atoms with Crippen LogP contribution in [0.2, 0.25) is 0 Å². The zero-order chi connectivity index (χ0) is 19.0. The minimum atomic E-state index is 0.108. The van der Waals surface area contributed by atoms with Crippen molar-refractivity contribution >= 4 is 17.5 Å². The number of rotatable bonds is 3. The Morgan fingerprint density at radius 1 is 1.15 bits per heavy atom. The third kappa shape index (κ3) is 3.03. The van der Waals surface area contributed by atoms with Crippen LogP contribution in [0.15, 0.2) is 58.9 Å². The van der Waals surface area contributed by atoms with Crippen molar-refractivity contribution in [3.63, 3.8) is 0 Å². The Hall–Kier alpha value is -3.61. The van der Waals surface area contributed by atoms with Crippen LogP contribution >= 0.6 is 0 Å². The van der Waals surface area contributed by atoms with Crippen molar-refractivity contribution < 1.29 is 5.21 Å². The zero-order valence-electron chi connectivity index (χ0n) is 14.9. The highest BCUT2D eigenvalue weighted by atomic mass is 16.4. The molecule has 27 heavy (non-hydrogen) atoms. The minimum Gasteiger partial charge on any atom is -0.409 e. The molecule has 7 heteroatoms. The lowest BCUT2D eigenvalue weighted by molar-refractivity contribution is 0.318. The van der Waals surface area contributed by atoms with Gasteiger partial charge in [-0.15, -0.1) is 0 Å². The number of oxime groups is 1. The standard InChI is InChI=1S/C20H20N6O/c1-12-5-7-13(8-6-12)18-11-26(20(22)23-18)24-17-10-9-14-15(17)3-2-4-16(14)19(21)25-27/h2-8,11,27H,9-10H2,1H3,(H2,21,25)(H2,22,23). The van der Waals surface area contributed by atoms with Gasteiger partial charge in [-0.25, -0.2) is 9.66 Å². The Morgan fingerprint density at radius 2 is 1.93 bits per heavy atom. The SMILES string of the molecule is Cc1ccc(-c2cn(N=C3CCc4c3cccc4/C(N)=N/O)c(N)n2)cc1. The van der Waals surface area contributed by atoms with E-state index in [0.29, 0.717) is 5.95 Å². The molecule has 2 aromatic carbocycles. The summed E-state index contributed by atoms with van der Waals surface area (Å²) >= 11 is 0. The molecule has 0 atom stereocenters. The molecule has 0 bridgehead atoms. The van der Waals surface area contributed by atoms with E-state index in [4.69, 9.17) is 21.8 Å². The number of aryl methyl sites for hydroxylation is 1. The largest absolute Gasteiger partial charge is 0.409 e. The first-order valence-corrected chi connectivity index (χ1v) is 8.66. The summed E-state index contributed by atoms with van der Waals surface area (Å²) in [4.78, 5) is 4.43. The van der Waals surface area contributed by atoms with Gasteiger partial charge in [-0.2, -0.15) is 5.10 Å². The van der Waals surface area contributed by atoms with Gasteiger partial charge in [0, 0.05) is 16.7 Å². The fourth-order valence-electron chi connectivity index (χ4n) is 3.36. The molecule has 0 aliphatic heterocycles. The maximum atomic E-state index is 8.99. The molecule has 0 fully saturated rings. The van der Waals surface area contributed by atoms with Crippen LogP contribution in [0.1, 0.15) is 28.7 Å². The minimum absolute atomic E-state index is 0.108. The molecule has 136 valence electrons. The number of fused-ring (bicyclic) bond motifs is 1. The Labute approximate surface area is 156 Å². The molecule has 1 aromatic heterocycles. The van der Waals surface area contributed by atoms with E-state index >= 15 is 0 Å². The van der Waals surface area contributed by atoms with E-state index in [1.807, 2.05) is 55.6 Å². The molecule has 7 nitrogen and oxygen atoms in total. The molecular formula is C20H20N6O. The summed E-state index contributed by atoms with van der Waals surface area (Å²) in [6, 6.07) is 13.8. The maximum absolute atomic E-state index is 8.99. The highest BCUT2D eigenvalue weighted by Crippen LogP contribution is 2.27. The van der Waals surface area contributed by atoms with Crippen LogP contribution < -0.4 is 11.5 Å². The first-order chi connectivity index (χ1) is 13.1. The summed E-state index contributed by atoms with van der Waals surface area (Å²) in [5.74, 6) is 0.441. The van der Waals surface area contributed by atoms with Gasteiger partial charge in [-0.1, -0.05) is 53.2 Å². The second-order valence-corrected chi connectivity index (χ2v) is 6.56. The van der Waals surface area contributed by atoms with Gasteiger partial charge in [-0.3, -0.25) is 0 Å². The van der Waals surface area contributed by atoms with Gasteiger partial charge in [-0.05, 0) is 25.3 Å². The smallest absolute Gasteiger partial charge is 0.221 e. The molecule has 0 unspecified atom stereocenters. The van der Waals surface area contributed by atoms with Gasteiger partial charge in [0.25, 0.3) is 0 Å². The average Bonchev–Trinajstić information content (AvgIpc) is 3.26. The van der Waals surface area contributed by atoms with Crippen LogP contribution in [-0.4, -0.2) is 26.4 Å². The number of aromatic nitrogens is 2. The first-order valence-electron chi connectivity index (χ1n) is 8.66. The number of nitrogen functional groups attached to an aromatic ring is 1. The van der Waals surface area contributed by atoms with Crippen molar-refractivity contribution in [3.05, 3.63) is 70.9 Å². The molecule has 1 aliphatic carbocycles. The lowest BCUT2D eigenvalue weighted by Gasteiger charge is -2.06. The number of hydrogen-bond acceptors (Lipinski definition) is 5. The lowest BCUT2D eigenvalue weighted by Crippen LogP contribution is -2.15. The van der Waals surface area contributed by atoms with E-state index in [9.17, 15) is 0 Å². The zero-order valence-corrected chi connectivity index (χ0v) is 14.9. The predicted molar refractivity (Wildman–Crippen MR) is 106 cm³/mol. The van der Waals surface area contributed by atoms with E-state index in [2.05, 4.69) is 10.1 Å². The molecule has 1 aliphatic rings. The summed E-state index contributed by atoms with van der Waals surface area (Å²) in [5, 5.41) is 16.8. The van der Waals surface area contributed by atoms with Crippen molar-refractivity contribution in [2.45, 2.75) is 19.8 Å². The second kappa shape index (κ2) is 6.60. The van der Waals surface area contributed by atoms with E-state index < -0.39 is 0 Å². The molecule has 4 rings (SSSR count). The number of imidazole rings is 1. The van der Waals surface area contributed by atoms with Gasteiger partial charge in [0.1, 0.15) is 0 Å². The highest BCUT2D eigenvalue weighted by molar-refractivity contribution is 6.09. The number of nitrogens with two attached hydrogens (primary N) is 2. The normalized spacial score (nSPS) is 15.3. The van der Waals surface area contributed by atoms with E-state index in [0.717, 1.165) is 46.5 Å². The quantitative estimate of drug-likeness (QED) is 0.288. The summed E-state index contributed by atoms with van der Waals surface area (Å²) in [7, 11) is 0. The van der Waals surface area contributed by atoms with Crippen molar-refractivity contribution in [2.24, 2.45) is 16.0 Å². The Morgan fingerprint density at radius 3 is 2.67 bits per heavy atom. The summed E-state index contributed by atoms with van der Waals surface area (Å²) in [6.07, 6.45) is 3.36. The number of amidine groups is 1. The van der Waals surface area contributed by atoms with Gasteiger partial charge in [0.05, 0.1) is 17.6 Å². The van der Waals surface area contributed by atoms with E-state index in [1.54, 1.807) is 4.68 Å². The molecule has 5 N–H and O–H groups in total. The fourth-order valence-corrected chi connectivity index (χ4v) is 3.36. The van der Waals surface area contributed by atoms with Gasteiger partial charge in [0.2, 0.25) is 5.95 Å². The summed E-state index contributed by atoms with van der Waals surface area (Å²) in [6.45, 7) is 2.04. The van der Waals surface area contributed by atoms with Crippen molar-refractivity contribution in [1.29, 1.82) is 0 Å². The Bertz CT molecular complexity index is 1060. The van der Waals surface area contributed by atoms with Crippen molar-refractivity contribution in [1.82, 2.24) is 9.66 Å². The van der Waals surface area contributed by atoms with Gasteiger partial charge < -0.3 is 16.7 Å². The predicted octanol–water partition coefficient (Wildman–Crippen LogP) is 2.73. The molecule has 3 aromatic rings. The van der Waals surface area contributed by atoms with Crippen LogP contribution in [0.3, 0.4) is 0 Å². The second-order valence-electron chi connectivity index (χ2n) is 6.56. The fraction of sp³-hybridized carbons (Fsp3) is 0.150. The number of benzene rings is 2. The Balaban J connectivity index is 1.72. The molecule has 0 radical (unpaired) electrons. The first kappa shape index (κ1) is 16.8. The van der Waals surface area contributed by atoms with Crippen LogP contribution in [0, 0.1) is 6.92 Å². The molecule has 0 amide bonds. The molecule has 0 spiro atoms. The average molecular weight is 360 g/mol. The number of hydrogen-bond donors (Lipinski definition) is 3. The maximum Gasteiger partial charge on any atom is 0.221 e. The van der Waals surface area contributed by atoms with Crippen molar-refractivity contribution in [2.75, 3.05) is 5.73 Å². The van der Waals surface area contributed by atoms with Crippen molar-refractivity contribution in [3.8, 4) is 11.3 Å². The van der Waals surface area contributed by atoms with Crippen LogP contribution in [0.25, 0.3) is 11.3 Å². The molecular weight excluding hydrogens is 340 g/mol. The monoisotopic (exact) mass is 360 g/mol. The van der Waals surface area contributed by atoms with Crippen LogP contribution in [0.5, 0.6) is 0 Å². The summed E-state index contributed by atoms with van der Waals surface area (Å²) < 4.78 is 1.61. The van der Waals surface area contributed by atoms with Gasteiger partial charge >= 0.3 is 0 Å². The Kier molecular flexibility index (Phi) is 4.12. The van der Waals surface area contributed by atoms with E-state index in [-0.39, 0.29) is 5.84 Å². The lowest BCUT2D eigenvalue weighted by atomic mass is 10.0. The molecule has 1 heterocycles. The highest BCUT2D eigenvalue weighted by Gasteiger charge is 2.22. The third-order valence-corrected chi connectivity index (χ3v) is 4.77. The molecule has 0 saturated heterocycles. The van der Waals surface area contributed by atoms with Crippen LogP contribution in [-0.2, 0) is 6.42 Å². The molecule has 0 saturated carbocycles. The number of nitrogens with zero attached hydrogens (tertiary/aromatic N) is 4. The third-order valence-electron chi connectivity index (χ3n) is 4.77. The summed E-state index contributed by atoms with van der Waals surface area (Å²) in [5.41, 5.74) is 18.5. The van der Waals surface area contributed by atoms with E-state index in [1.165, 1.54) is 5.56 Å². The topological polar surface area (TPSA) is 115 Å². The van der Waals surface area contributed by atoms with Gasteiger partial charge in [0.15, 0.2) is 5.84 Å². The number of anilines is 1.